The zero-order valence-corrected chi connectivity index (χ0v) is 11.8. The summed E-state index contributed by atoms with van der Waals surface area (Å²) in [5.41, 5.74) is 8.60. The highest BCUT2D eigenvalue weighted by Gasteiger charge is 2.31. The molecule has 0 saturated carbocycles. The minimum absolute atomic E-state index is 0.0939. The molecule has 8 nitrogen and oxygen atoms in total. The molecular weight excluding hydrogens is 284 g/mol. The lowest BCUT2D eigenvalue weighted by atomic mass is 9.99. The van der Waals surface area contributed by atoms with Gasteiger partial charge in [-0.2, -0.15) is 10.1 Å². The van der Waals surface area contributed by atoms with Crippen molar-refractivity contribution in [3.05, 3.63) is 35.7 Å². The second kappa shape index (κ2) is 5.39. The van der Waals surface area contributed by atoms with Crippen LogP contribution >= 0.6 is 0 Å². The van der Waals surface area contributed by atoms with Crippen molar-refractivity contribution in [1.82, 2.24) is 26.0 Å². The fraction of sp³-hybridized carbons (Fsp3) is 0.357. The molecule has 0 bridgehead atoms. The molecule has 1 saturated heterocycles. The number of anilines is 1. The molecule has 3 heterocycles. The van der Waals surface area contributed by atoms with E-state index in [9.17, 15) is 4.79 Å². The standard InChI is InChI=1S/C14H16N6O2/c21-13(17-14-15-7-16-20-14)11-6-10(18-19-11)8-1-2-12-9(5-8)3-4-22-12/h1-2,5,7,10-11,18-19H,3-4,6H2,(H2,15,16,17,20,21). The highest BCUT2D eigenvalue weighted by Crippen LogP contribution is 2.30. The summed E-state index contributed by atoms with van der Waals surface area (Å²) in [6.45, 7) is 0.747. The third-order valence-electron chi connectivity index (χ3n) is 3.99. The summed E-state index contributed by atoms with van der Waals surface area (Å²) in [5.74, 6) is 1.18. The van der Waals surface area contributed by atoms with E-state index in [0.29, 0.717) is 12.4 Å². The van der Waals surface area contributed by atoms with Gasteiger partial charge in [0.1, 0.15) is 18.1 Å². The first-order chi connectivity index (χ1) is 10.8. The molecule has 1 aromatic heterocycles. The number of amides is 1. The number of carbonyl (C=O) groups excluding carboxylic acids is 1. The summed E-state index contributed by atoms with van der Waals surface area (Å²) < 4.78 is 5.52. The molecule has 4 N–H and O–H groups in total. The van der Waals surface area contributed by atoms with Gasteiger partial charge < -0.3 is 4.74 Å². The molecule has 114 valence electrons. The first-order valence-corrected chi connectivity index (χ1v) is 7.22. The van der Waals surface area contributed by atoms with Crippen LogP contribution in [0.25, 0.3) is 0 Å². The number of nitrogens with one attached hydrogen (secondary N) is 4. The predicted octanol–water partition coefficient (Wildman–Crippen LogP) is 0.286. The van der Waals surface area contributed by atoms with Crippen LogP contribution in [0.1, 0.15) is 23.6 Å². The summed E-state index contributed by atoms with van der Waals surface area (Å²) in [7, 11) is 0. The van der Waals surface area contributed by atoms with Gasteiger partial charge in [-0.15, -0.1) is 0 Å². The van der Waals surface area contributed by atoms with Crippen LogP contribution < -0.4 is 20.9 Å². The Bertz CT molecular complexity index is 687. The summed E-state index contributed by atoms with van der Waals surface area (Å²) >= 11 is 0. The molecule has 2 aliphatic heterocycles. The average Bonchev–Trinajstić information content (AvgIpc) is 3.27. The summed E-state index contributed by atoms with van der Waals surface area (Å²) in [4.78, 5) is 16.0. The molecule has 2 aliphatic rings. The van der Waals surface area contributed by atoms with Crippen LogP contribution in [0.3, 0.4) is 0 Å². The molecule has 1 fully saturated rings. The lowest BCUT2D eigenvalue weighted by Gasteiger charge is -2.11. The average molecular weight is 300 g/mol. The number of carbonyl (C=O) groups is 1. The molecule has 0 aliphatic carbocycles. The van der Waals surface area contributed by atoms with E-state index in [4.69, 9.17) is 4.74 Å². The number of aromatic amines is 1. The van der Waals surface area contributed by atoms with E-state index in [1.54, 1.807) is 0 Å². The fourth-order valence-corrected chi connectivity index (χ4v) is 2.84. The number of nitrogens with zero attached hydrogens (tertiary/aromatic N) is 2. The monoisotopic (exact) mass is 300 g/mol. The van der Waals surface area contributed by atoms with Gasteiger partial charge in [0.05, 0.1) is 6.61 Å². The molecular formula is C14H16N6O2. The van der Waals surface area contributed by atoms with Crippen LogP contribution in [0.4, 0.5) is 5.95 Å². The van der Waals surface area contributed by atoms with Crippen LogP contribution in [-0.2, 0) is 11.2 Å². The van der Waals surface area contributed by atoms with Crippen LogP contribution in [0.5, 0.6) is 5.75 Å². The lowest BCUT2D eigenvalue weighted by Crippen LogP contribution is -2.39. The fourth-order valence-electron chi connectivity index (χ4n) is 2.84. The molecule has 2 atom stereocenters. The van der Waals surface area contributed by atoms with Gasteiger partial charge in [0, 0.05) is 12.5 Å². The summed E-state index contributed by atoms with van der Waals surface area (Å²) in [6.07, 6.45) is 2.96. The van der Waals surface area contributed by atoms with Gasteiger partial charge in [0.15, 0.2) is 0 Å². The number of hydrogen-bond donors (Lipinski definition) is 4. The SMILES string of the molecule is O=C(Nc1ncn[nH]1)C1CC(c2ccc3c(c2)CCO3)NN1. The Balaban J connectivity index is 1.42. The molecule has 0 radical (unpaired) electrons. The Morgan fingerprint density at radius 3 is 3.18 bits per heavy atom. The molecule has 2 aromatic rings. The van der Waals surface area contributed by atoms with Crippen molar-refractivity contribution in [3.63, 3.8) is 0 Å². The first kappa shape index (κ1) is 13.2. The van der Waals surface area contributed by atoms with Gasteiger partial charge in [0.2, 0.25) is 11.9 Å². The quantitative estimate of drug-likeness (QED) is 0.649. The molecule has 2 unspecified atom stereocenters. The third-order valence-corrected chi connectivity index (χ3v) is 3.99. The normalized spacial score (nSPS) is 23.1. The maximum absolute atomic E-state index is 12.2. The third kappa shape index (κ3) is 2.42. The maximum atomic E-state index is 12.2. The number of rotatable bonds is 3. The number of aromatic nitrogens is 3. The van der Waals surface area contributed by atoms with E-state index in [0.717, 1.165) is 24.3 Å². The molecule has 1 amide bonds. The second-order valence-corrected chi connectivity index (χ2v) is 5.42. The Morgan fingerprint density at radius 1 is 1.36 bits per heavy atom. The maximum Gasteiger partial charge on any atom is 0.245 e. The number of H-pyrrole nitrogens is 1. The van der Waals surface area contributed by atoms with E-state index < -0.39 is 0 Å². The Kier molecular flexibility index (Phi) is 3.24. The van der Waals surface area contributed by atoms with Gasteiger partial charge in [0.25, 0.3) is 0 Å². The number of hydrazine groups is 1. The van der Waals surface area contributed by atoms with Crippen molar-refractivity contribution in [2.75, 3.05) is 11.9 Å². The first-order valence-electron chi connectivity index (χ1n) is 7.22. The largest absolute Gasteiger partial charge is 0.493 e. The number of ether oxygens (including phenoxy) is 1. The van der Waals surface area contributed by atoms with Crippen molar-refractivity contribution in [2.45, 2.75) is 24.9 Å². The molecule has 1 aromatic carbocycles. The van der Waals surface area contributed by atoms with E-state index in [1.807, 2.05) is 12.1 Å². The lowest BCUT2D eigenvalue weighted by molar-refractivity contribution is -0.117. The molecule has 22 heavy (non-hydrogen) atoms. The van der Waals surface area contributed by atoms with Crippen LogP contribution in [0.15, 0.2) is 24.5 Å². The second-order valence-electron chi connectivity index (χ2n) is 5.42. The Morgan fingerprint density at radius 2 is 2.32 bits per heavy atom. The molecule has 8 heteroatoms. The van der Waals surface area contributed by atoms with Gasteiger partial charge in [-0.05, 0) is 23.6 Å². The smallest absolute Gasteiger partial charge is 0.245 e. The number of benzene rings is 1. The zero-order valence-electron chi connectivity index (χ0n) is 11.8. The molecule has 4 rings (SSSR count). The van der Waals surface area contributed by atoms with E-state index in [1.165, 1.54) is 11.9 Å². The Hall–Kier alpha value is -2.45. The van der Waals surface area contributed by atoms with Crippen molar-refractivity contribution in [1.29, 1.82) is 0 Å². The summed E-state index contributed by atoms with van der Waals surface area (Å²) in [5, 5.41) is 8.99. The highest BCUT2D eigenvalue weighted by molar-refractivity contribution is 5.93. The van der Waals surface area contributed by atoms with Crippen molar-refractivity contribution >= 4 is 11.9 Å². The molecule has 0 spiro atoms. The Labute approximate surface area is 126 Å². The van der Waals surface area contributed by atoms with Gasteiger partial charge in [-0.1, -0.05) is 12.1 Å². The number of fused-ring (bicyclic) bond motifs is 1. The van der Waals surface area contributed by atoms with Crippen molar-refractivity contribution in [2.24, 2.45) is 0 Å². The minimum Gasteiger partial charge on any atom is -0.493 e. The summed E-state index contributed by atoms with van der Waals surface area (Å²) in [6, 6.07) is 5.97. The predicted molar refractivity (Wildman–Crippen MR) is 78.1 cm³/mol. The van der Waals surface area contributed by atoms with Gasteiger partial charge in [-0.25, -0.2) is 16.0 Å². The highest BCUT2D eigenvalue weighted by atomic mass is 16.5. The van der Waals surface area contributed by atoms with Gasteiger partial charge >= 0.3 is 0 Å². The van der Waals surface area contributed by atoms with E-state index in [2.05, 4.69) is 37.4 Å². The van der Waals surface area contributed by atoms with Crippen LogP contribution in [0.2, 0.25) is 0 Å². The number of hydrogen-bond acceptors (Lipinski definition) is 6. The zero-order chi connectivity index (χ0) is 14.9. The van der Waals surface area contributed by atoms with E-state index >= 15 is 0 Å². The topological polar surface area (TPSA) is 104 Å². The minimum atomic E-state index is -0.320. The van der Waals surface area contributed by atoms with E-state index in [-0.39, 0.29) is 18.0 Å². The van der Waals surface area contributed by atoms with Crippen LogP contribution in [-0.4, -0.2) is 33.7 Å². The van der Waals surface area contributed by atoms with Gasteiger partial charge in [-0.3, -0.25) is 10.1 Å². The van der Waals surface area contributed by atoms with Crippen LogP contribution in [0, 0.1) is 0 Å². The van der Waals surface area contributed by atoms with Crippen molar-refractivity contribution < 1.29 is 9.53 Å². The van der Waals surface area contributed by atoms with Crippen molar-refractivity contribution in [3.8, 4) is 5.75 Å².